The highest BCUT2D eigenvalue weighted by molar-refractivity contribution is 9.10. The molecule has 3 aromatic rings. The maximum absolute atomic E-state index is 6.01. The molecule has 0 saturated heterocycles. The molecule has 0 amide bonds. The van der Waals surface area contributed by atoms with Crippen molar-refractivity contribution in [2.75, 3.05) is 7.05 Å². The zero-order valence-corrected chi connectivity index (χ0v) is 14.9. The van der Waals surface area contributed by atoms with Gasteiger partial charge >= 0.3 is 0 Å². The third kappa shape index (κ3) is 4.41. The second kappa shape index (κ2) is 7.25. The predicted octanol–water partition coefficient (Wildman–Crippen LogP) is 4.78. The molecule has 0 fully saturated rings. The zero-order valence-electron chi connectivity index (χ0n) is 12.5. The summed E-state index contributed by atoms with van der Waals surface area (Å²) in [7, 11) is 2.00. The van der Waals surface area contributed by atoms with Crippen LogP contribution in [0.25, 0.3) is 11.5 Å². The lowest BCUT2D eigenvalue weighted by Crippen LogP contribution is -2.17. The number of hydrogen-bond donors (Lipinski definition) is 0. The molecule has 0 N–H and O–H groups in total. The van der Waals surface area contributed by atoms with E-state index >= 15 is 0 Å². The Bertz CT molecular complexity index is 789. The molecule has 0 spiro atoms. The van der Waals surface area contributed by atoms with E-state index in [1.807, 2.05) is 55.6 Å². The molecule has 118 valence electrons. The van der Waals surface area contributed by atoms with Crippen molar-refractivity contribution in [3.8, 4) is 11.5 Å². The Morgan fingerprint density at radius 2 is 1.87 bits per heavy atom. The lowest BCUT2D eigenvalue weighted by atomic mass is 10.2. The molecule has 0 bridgehead atoms. The average molecular weight is 393 g/mol. The van der Waals surface area contributed by atoms with E-state index in [9.17, 15) is 0 Å². The number of aromatic nitrogens is 2. The van der Waals surface area contributed by atoms with E-state index in [4.69, 9.17) is 16.0 Å². The number of nitrogens with zero attached hydrogens (tertiary/aromatic N) is 3. The third-order valence-corrected chi connectivity index (χ3v) is 4.07. The van der Waals surface area contributed by atoms with Crippen molar-refractivity contribution in [3.63, 3.8) is 0 Å². The summed E-state index contributed by atoms with van der Waals surface area (Å²) in [4.78, 5) is 2.10. The molecular weight excluding hydrogens is 378 g/mol. The molecule has 1 heterocycles. The predicted molar refractivity (Wildman–Crippen MR) is 94.1 cm³/mol. The highest BCUT2D eigenvalue weighted by atomic mass is 79.9. The highest BCUT2D eigenvalue weighted by Gasteiger charge is 2.11. The van der Waals surface area contributed by atoms with E-state index in [1.54, 1.807) is 0 Å². The van der Waals surface area contributed by atoms with Crippen LogP contribution < -0.4 is 0 Å². The van der Waals surface area contributed by atoms with Crippen LogP contribution in [0, 0.1) is 0 Å². The summed E-state index contributed by atoms with van der Waals surface area (Å²) in [6.45, 7) is 1.34. The Balaban J connectivity index is 1.65. The number of rotatable bonds is 5. The second-order valence-electron chi connectivity index (χ2n) is 5.31. The van der Waals surface area contributed by atoms with Crippen LogP contribution in [0.15, 0.2) is 57.4 Å². The normalized spacial score (nSPS) is 11.1. The molecule has 23 heavy (non-hydrogen) atoms. The summed E-state index contributed by atoms with van der Waals surface area (Å²) < 4.78 is 6.75. The summed E-state index contributed by atoms with van der Waals surface area (Å²) in [6.07, 6.45) is 0. The molecule has 0 aliphatic rings. The van der Waals surface area contributed by atoms with Crippen molar-refractivity contribution in [1.29, 1.82) is 0 Å². The van der Waals surface area contributed by atoms with Gasteiger partial charge in [-0.2, -0.15) is 0 Å². The van der Waals surface area contributed by atoms with Gasteiger partial charge in [-0.25, -0.2) is 0 Å². The van der Waals surface area contributed by atoms with E-state index in [2.05, 4.69) is 31.0 Å². The Kier molecular flexibility index (Phi) is 5.10. The minimum atomic E-state index is 0.531. The van der Waals surface area contributed by atoms with Crippen LogP contribution in [0.4, 0.5) is 0 Å². The van der Waals surface area contributed by atoms with Gasteiger partial charge in [0.2, 0.25) is 11.8 Å². The lowest BCUT2D eigenvalue weighted by molar-refractivity contribution is 0.283. The molecule has 0 atom stereocenters. The van der Waals surface area contributed by atoms with Gasteiger partial charge in [-0.3, -0.25) is 4.90 Å². The van der Waals surface area contributed by atoms with Crippen molar-refractivity contribution in [3.05, 3.63) is 69.5 Å². The van der Waals surface area contributed by atoms with Crippen LogP contribution in [0.3, 0.4) is 0 Å². The van der Waals surface area contributed by atoms with E-state index in [0.717, 1.165) is 27.2 Å². The van der Waals surface area contributed by atoms with Crippen molar-refractivity contribution in [1.82, 2.24) is 15.1 Å². The van der Waals surface area contributed by atoms with Crippen LogP contribution in [0.2, 0.25) is 5.02 Å². The largest absolute Gasteiger partial charge is 0.419 e. The number of halogens is 2. The SMILES string of the molecule is CN(Cc1cccc(Cl)c1)Cc1nnc(-c2ccc(Br)cc2)o1. The molecule has 0 aliphatic heterocycles. The van der Waals surface area contributed by atoms with E-state index in [0.29, 0.717) is 18.3 Å². The van der Waals surface area contributed by atoms with Gasteiger partial charge in [0.05, 0.1) is 6.54 Å². The average Bonchev–Trinajstić information content (AvgIpc) is 2.96. The Hall–Kier alpha value is -1.69. The van der Waals surface area contributed by atoms with Gasteiger partial charge in [0.25, 0.3) is 0 Å². The standard InChI is InChI=1S/C17H15BrClN3O/c1-22(10-12-3-2-4-15(19)9-12)11-16-20-21-17(23-16)13-5-7-14(18)8-6-13/h2-9H,10-11H2,1H3. The molecule has 3 rings (SSSR count). The maximum atomic E-state index is 6.01. The molecule has 0 unspecified atom stereocenters. The molecule has 4 nitrogen and oxygen atoms in total. The summed E-state index contributed by atoms with van der Waals surface area (Å²) in [5.74, 6) is 1.12. The Labute approximate surface area is 148 Å². The first-order valence-corrected chi connectivity index (χ1v) is 8.28. The monoisotopic (exact) mass is 391 g/mol. The van der Waals surface area contributed by atoms with Gasteiger partial charge in [-0.15, -0.1) is 10.2 Å². The lowest BCUT2D eigenvalue weighted by Gasteiger charge is -2.14. The highest BCUT2D eigenvalue weighted by Crippen LogP contribution is 2.21. The van der Waals surface area contributed by atoms with E-state index in [-0.39, 0.29) is 0 Å². The first-order chi connectivity index (χ1) is 11.1. The molecule has 1 aromatic heterocycles. The van der Waals surface area contributed by atoms with E-state index < -0.39 is 0 Å². The first kappa shape index (κ1) is 16.2. The van der Waals surface area contributed by atoms with Gasteiger partial charge in [0.15, 0.2) is 0 Å². The van der Waals surface area contributed by atoms with Crippen LogP contribution in [0.5, 0.6) is 0 Å². The van der Waals surface area contributed by atoms with Gasteiger partial charge in [0, 0.05) is 21.6 Å². The van der Waals surface area contributed by atoms with Crippen molar-refractivity contribution >= 4 is 27.5 Å². The number of hydrogen-bond acceptors (Lipinski definition) is 4. The molecule has 6 heteroatoms. The van der Waals surface area contributed by atoms with Crippen molar-refractivity contribution < 1.29 is 4.42 Å². The fourth-order valence-corrected chi connectivity index (χ4v) is 2.74. The minimum Gasteiger partial charge on any atom is -0.419 e. The summed E-state index contributed by atoms with van der Waals surface area (Å²) >= 11 is 9.42. The molecule has 0 radical (unpaired) electrons. The fraction of sp³-hybridized carbons (Fsp3) is 0.176. The van der Waals surface area contributed by atoms with E-state index in [1.165, 1.54) is 0 Å². The van der Waals surface area contributed by atoms with Crippen LogP contribution in [-0.4, -0.2) is 22.1 Å². The molecule has 0 aliphatic carbocycles. The van der Waals surface area contributed by atoms with Crippen molar-refractivity contribution in [2.24, 2.45) is 0 Å². The summed E-state index contributed by atoms with van der Waals surface area (Å²) in [5.41, 5.74) is 2.05. The van der Waals surface area contributed by atoms with Gasteiger partial charge in [0.1, 0.15) is 0 Å². The number of benzene rings is 2. The maximum Gasteiger partial charge on any atom is 0.247 e. The molecular formula is C17H15BrClN3O. The molecule has 0 saturated carbocycles. The van der Waals surface area contributed by atoms with Crippen LogP contribution in [-0.2, 0) is 13.1 Å². The first-order valence-electron chi connectivity index (χ1n) is 7.11. The summed E-state index contributed by atoms with van der Waals surface area (Å²) in [5, 5.41) is 8.97. The quantitative estimate of drug-likeness (QED) is 0.626. The summed E-state index contributed by atoms with van der Waals surface area (Å²) in [6, 6.07) is 15.6. The van der Waals surface area contributed by atoms with Crippen molar-refractivity contribution in [2.45, 2.75) is 13.1 Å². The van der Waals surface area contributed by atoms with Crippen LogP contribution in [0.1, 0.15) is 11.5 Å². The van der Waals surface area contributed by atoms with Gasteiger partial charge in [-0.1, -0.05) is 39.7 Å². The minimum absolute atomic E-state index is 0.531. The fourth-order valence-electron chi connectivity index (χ4n) is 2.26. The van der Waals surface area contributed by atoms with Gasteiger partial charge in [-0.05, 0) is 49.0 Å². The Morgan fingerprint density at radius 1 is 1.09 bits per heavy atom. The second-order valence-corrected chi connectivity index (χ2v) is 6.66. The van der Waals surface area contributed by atoms with Gasteiger partial charge < -0.3 is 4.42 Å². The smallest absolute Gasteiger partial charge is 0.247 e. The topological polar surface area (TPSA) is 42.2 Å². The zero-order chi connectivity index (χ0) is 16.2. The Morgan fingerprint density at radius 3 is 2.61 bits per heavy atom. The molecule has 2 aromatic carbocycles. The van der Waals surface area contributed by atoms with Crippen LogP contribution >= 0.6 is 27.5 Å². The third-order valence-electron chi connectivity index (χ3n) is 3.30.